The number of morpholine rings is 1. The summed E-state index contributed by atoms with van der Waals surface area (Å²) < 4.78 is 11.7. The van der Waals surface area contributed by atoms with E-state index in [0.717, 1.165) is 45.9 Å². The minimum atomic E-state index is 0.217. The van der Waals surface area contributed by atoms with Crippen molar-refractivity contribution in [3.05, 3.63) is 35.4 Å². The Labute approximate surface area is 146 Å². The van der Waals surface area contributed by atoms with Gasteiger partial charge in [-0.2, -0.15) is 0 Å². The molecule has 1 aromatic rings. The molecule has 2 aliphatic rings. The lowest BCUT2D eigenvalue weighted by Gasteiger charge is -2.45. The quantitative estimate of drug-likeness (QED) is 0.867. The van der Waals surface area contributed by atoms with E-state index in [-0.39, 0.29) is 6.10 Å². The number of rotatable bonds is 6. The van der Waals surface area contributed by atoms with Crippen molar-refractivity contribution in [1.29, 1.82) is 0 Å². The minimum Gasteiger partial charge on any atom is -0.379 e. The van der Waals surface area contributed by atoms with E-state index >= 15 is 0 Å². The molecule has 4 heteroatoms. The molecule has 2 heterocycles. The van der Waals surface area contributed by atoms with Gasteiger partial charge in [0.25, 0.3) is 0 Å². The zero-order valence-corrected chi connectivity index (χ0v) is 15.2. The van der Waals surface area contributed by atoms with E-state index in [1.54, 1.807) is 0 Å². The summed E-state index contributed by atoms with van der Waals surface area (Å²) in [6, 6.07) is 10.1. The third-order valence-corrected chi connectivity index (χ3v) is 5.29. The van der Waals surface area contributed by atoms with E-state index in [4.69, 9.17) is 9.47 Å². The SMILES string of the molecule is CCOCC1CN(C2CCNCC2)[C@@H](Cc2ccc(C)cc2)CO1. The molecule has 0 bridgehead atoms. The predicted molar refractivity (Wildman–Crippen MR) is 97.5 cm³/mol. The molecule has 24 heavy (non-hydrogen) atoms. The van der Waals surface area contributed by atoms with Gasteiger partial charge in [0.15, 0.2) is 0 Å². The van der Waals surface area contributed by atoms with Crippen LogP contribution in [-0.4, -0.2) is 62.5 Å². The van der Waals surface area contributed by atoms with Gasteiger partial charge < -0.3 is 14.8 Å². The number of piperidine rings is 1. The first-order chi connectivity index (χ1) is 11.8. The van der Waals surface area contributed by atoms with Crippen LogP contribution in [0.15, 0.2) is 24.3 Å². The fourth-order valence-electron chi connectivity index (χ4n) is 3.89. The Morgan fingerprint density at radius 2 is 1.96 bits per heavy atom. The predicted octanol–water partition coefficient (Wildman–Crippen LogP) is 2.40. The summed E-state index contributed by atoms with van der Waals surface area (Å²) in [6.07, 6.45) is 3.78. The monoisotopic (exact) mass is 332 g/mol. The molecule has 0 spiro atoms. The molecule has 134 valence electrons. The Morgan fingerprint density at radius 3 is 2.67 bits per heavy atom. The molecule has 0 saturated carbocycles. The van der Waals surface area contributed by atoms with Crippen LogP contribution in [0.5, 0.6) is 0 Å². The van der Waals surface area contributed by atoms with Crippen molar-refractivity contribution in [2.45, 2.75) is 51.3 Å². The van der Waals surface area contributed by atoms with Gasteiger partial charge in [-0.3, -0.25) is 4.90 Å². The highest BCUT2D eigenvalue weighted by Crippen LogP contribution is 2.23. The van der Waals surface area contributed by atoms with Crippen LogP contribution in [0, 0.1) is 6.92 Å². The number of aryl methyl sites for hydroxylation is 1. The highest BCUT2D eigenvalue weighted by atomic mass is 16.5. The second-order valence-electron chi connectivity index (χ2n) is 7.14. The smallest absolute Gasteiger partial charge is 0.0935 e. The van der Waals surface area contributed by atoms with Gasteiger partial charge in [0.05, 0.1) is 19.3 Å². The fraction of sp³-hybridized carbons (Fsp3) is 0.700. The van der Waals surface area contributed by atoms with Gasteiger partial charge in [-0.05, 0) is 51.8 Å². The summed E-state index contributed by atoms with van der Waals surface area (Å²) in [4.78, 5) is 2.72. The molecule has 0 amide bonds. The normalized spacial score (nSPS) is 26.6. The van der Waals surface area contributed by atoms with E-state index in [2.05, 4.69) is 41.4 Å². The van der Waals surface area contributed by atoms with Gasteiger partial charge in [-0.15, -0.1) is 0 Å². The Balaban J connectivity index is 1.66. The largest absolute Gasteiger partial charge is 0.379 e. The maximum absolute atomic E-state index is 6.13. The van der Waals surface area contributed by atoms with Crippen molar-refractivity contribution >= 4 is 0 Å². The van der Waals surface area contributed by atoms with E-state index in [1.165, 1.54) is 24.0 Å². The molecule has 1 N–H and O–H groups in total. The Morgan fingerprint density at radius 1 is 1.21 bits per heavy atom. The molecule has 4 nitrogen and oxygen atoms in total. The molecular formula is C20H32N2O2. The molecule has 2 fully saturated rings. The second-order valence-corrected chi connectivity index (χ2v) is 7.14. The number of nitrogens with one attached hydrogen (secondary N) is 1. The van der Waals surface area contributed by atoms with E-state index < -0.39 is 0 Å². The van der Waals surface area contributed by atoms with Crippen LogP contribution < -0.4 is 5.32 Å². The van der Waals surface area contributed by atoms with Gasteiger partial charge in [-0.1, -0.05) is 29.8 Å². The molecule has 3 rings (SSSR count). The van der Waals surface area contributed by atoms with Crippen molar-refractivity contribution in [2.24, 2.45) is 0 Å². The highest BCUT2D eigenvalue weighted by molar-refractivity contribution is 5.22. The van der Waals surface area contributed by atoms with Gasteiger partial charge in [0.1, 0.15) is 0 Å². The van der Waals surface area contributed by atoms with E-state index in [9.17, 15) is 0 Å². The third kappa shape index (κ3) is 4.79. The lowest BCUT2D eigenvalue weighted by atomic mass is 9.96. The van der Waals surface area contributed by atoms with Crippen molar-refractivity contribution in [1.82, 2.24) is 10.2 Å². The summed E-state index contributed by atoms with van der Waals surface area (Å²) in [5.41, 5.74) is 2.74. The number of ether oxygens (including phenoxy) is 2. The summed E-state index contributed by atoms with van der Waals surface area (Å²) in [6.45, 7) is 9.76. The van der Waals surface area contributed by atoms with Crippen LogP contribution in [0.25, 0.3) is 0 Å². The molecule has 0 aliphatic carbocycles. The maximum Gasteiger partial charge on any atom is 0.0935 e. The van der Waals surface area contributed by atoms with Crippen molar-refractivity contribution < 1.29 is 9.47 Å². The first kappa shape index (κ1) is 17.9. The van der Waals surface area contributed by atoms with Crippen LogP contribution in [-0.2, 0) is 15.9 Å². The second kappa shape index (κ2) is 8.95. The zero-order valence-electron chi connectivity index (χ0n) is 15.2. The number of hydrogen-bond acceptors (Lipinski definition) is 4. The molecule has 1 unspecified atom stereocenters. The maximum atomic E-state index is 6.13. The zero-order chi connectivity index (χ0) is 16.8. The molecule has 2 aliphatic heterocycles. The van der Waals surface area contributed by atoms with Gasteiger partial charge >= 0.3 is 0 Å². The molecule has 2 atom stereocenters. The van der Waals surface area contributed by atoms with Gasteiger partial charge in [0, 0.05) is 25.2 Å². The number of nitrogens with zero attached hydrogens (tertiary/aromatic N) is 1. The summed E-state index contributed by atoms with van der Waals surface area (Å²) in [5.74, 6) is 0. The molecule has 0 radical (unpaired) electrons. The standard InChI is InChI=1S/C20H32N2O2/c1-3-23-15-20-13-22(18-8-10-21-11-9-18)19(14-24-20)12-17-6-4-16(2)5-7-17/h4-7,18-21H,3,8-15H2,1-2H3/t19-,20?/m0/s1. The lowest BCUT2D eigenvalue weighted by molar-refractivity contribution is -0.107. The first-order valence-electron chi connectivity index (χ1n) is 9.47. The number of hydrogen-bond donors (Lipinski definition) is 1. The third-order valence-electron chi connectivity index (χ3n) is 5.29. The molecule has 2 saturated heterocycles. The molecule has 0 aromatic heterocycles. The van der Waals surface area contributed by atoms with Crippen molar-refractivity contribution in [3.8, 4) is 0 Å². The minimum absolute atomic E-state index is 0.217. The summed E-state index contributed by atoms with van der Waals surface area (Å²) in [7, 11) is 0. The van der Waals surface area contributed by atoms with Gasteiger partial charge in [-0.25, -0.2) is 0 Å². The van der Waals surface area contributed by atoms with Crippen LogP contribution >= 0.6 is 0 Å². The topological polar surface area (TPSA) is 33.7 Å². The van der Waals surface area contributed by atoms with Crippen LogP contribution in [0.1, 0.15) is 30.9 Å². The Kier molecular flexibility index (Phi) is 6.67. The van der Waals surface area contributed by atoms with E-state index in [1.807, 2.05) is 6.92 Å². The van der Waals surface area contributed by atoms with Crippen molar-refractivity contribution in [3.63, 3.8) is 0 Å². The van der Waals surface area contributed by atoms with Crippen LogP contribution in [0.2, 0.25) is 0 Å². The van der Waals surface area contributed by atoms with E-state index in [0.29, 0.717) is 12.1 Å². The molecular weight excluding hydrogens is 300 g/mol. The van der Waals surface area contributed by atoms with Gasteiger partial charge in [0.2, 0.25) is 0 Å². The van der Waals surface area contributed by atoms with Crippen LogP contribution in [0.4, 0.5) is 0 Å². The fourth-order valence-corrected chi connectivity index (χ4v) is 3.89. The summed E-state index contributed by atoms with van der Waals surface area (Å²) >= 11 is 0. The van der Waals surface area contributed by atoms with Crippen molar-refractivity contribution in [2.75, 3.05) is 39.5 Å². The number of benzene rings is 1. The average molecular weight is 332 g/mol. The van der Waals surface area contributed by atoms with Crippen LogP contribution in [0.3, 0.4) is 0 Å². The Bertz CT molecular complexity index is 485. The highest BCUT2D eigenvalue weighted by Gasteiger charge is 2.34. The Hall–Kier alpha value is -0.940. The summed E-state index contributed by atoms with van der Waals surface area (Å²) in [5, 5.41) is 3.49. The average Bonchev–Trinajstić information content (AvgIpc) is 2.63. The first-order valence-corrected chi connectivity index (χ1v) is 9.47. The lowest BCUT2D eigenvalue weighted by Crippen LogP contribution is -2.57. The molecule has 1 aromatic carbocycles.